The second kappa shape index (κ2) is 6.51. The maximum absolute atomic E-state index is 9.50. The molecule has 0 aliphatic carbocycles. The van der Waals surface area contributed by atoms with Gasteiger partial charge in [-0.25, -0.2) is 19.9 Å². The summed E-state index contributed by atoms with van der Waals surface area (Å²) >= 11 is 1.52. The molecular formula is C16H18N6O2S. The van der Waals surface area contributed by atoms with E-state index < -0.39 is 0 Å². The molecule has 25 heavy (non-hydrogen) atoms. The van der Waals surface area contributed by atoms with Crippen molar-refractivity contribution in [3.05, 3.63) is 23.3 Å². The minimum atomic E-state index is -0.0144. The fourth-order valence-corrected chi connectivity index (χ4v) is 3.82. The number of thiophene rings is 1. The number of nitrogens with zero attached hydrogens (tertiary/aromatic N) is 5. The lowest BCUT2D eigenvalue weighted by atomic mass is 10.2. The van der Waals surface area contributed by atoms with Crippen molar-refractivity contribution in [3.63, 3.8) is 0 Å². The van der Waals surface area contributed by atoms with Crippen LogP contribution in [0.4, 0.5) is 11.8 Å². The van der Waals surface area contributed by atoms with Crippen molar-refractivity contribution < 1.29 is 9.84 Å². The van der Waals surface area contributed by atoms with Crippen molar-refractivity contribution in [2.45, 2.75) is 19.6 Å². The van der Waals surface area contributed by atoms with Gasteiger partial charge in [0, 0.05) is 23.8 Å². The Kier molecular flexibility index (Phi) is 4.20. The van der Waals surface area contributed by atoms with Gasteiger partial charge in [-0.1, -0.05) is 0 Å². The van der Waals surface area contributed by atoms with Gasteiger partial charge >= 0.3 is 0 Å². The highest BCUT2D eigenvalue weighted by atomic mass is 32.1. The first kappa shape index (κ1) is 16.1. The van der Waals surface area contributed by atoms with Crippen LogP contribution in [-0.4, -0.2) is 50.8 Å². The number of fused-ring (bicyclic) bond motifs is 1. The van der Waals surface area contributed by atoms with E-state index in [1.54, 1.807) is 12.4 Å². The van der Waals surface area contributed by atoms with Crippen LogP contribution in [-0.2, 0) is 11.3 Å². The van der Waals surface area contributed by atoms with Crippen molar-refractivity contribution in [2.24, 2.45) is 0 Å². The molecule has 3 aromatic rings. The number of hydrogen-bond acceptors (Lipinski definition) is 9. The third kappa shape index (κ3) is 3.01. The number of aliphatic hydroxyl groups is 1. The van der Waals surface area contributed by atoms with Crippen molar-refractivity contribution in [1.29, 1.82) is 0 Å². The topological polar surface area (TPSA) is 110 Å². The van der Waals surface area contributed by atoms with Crippen molar-refractivity contribution in [3.8, 4) is 11.4 Å². The Morgan fingerprint density at radius 2 is 2.16 bits per heavy atom. The molecule has 0 amide bonds. The van der Waals surface area contributed by atoms with Crippen molar-refractivity contribution in [1.82, 2.24) is 19.9 Å². The van der Waals surface area contributed by atoms with Gasteiger partial charge in [0.05, 0.1) is 41.6 Å². The minimum absolute atomic E-state index is 0.0144. The molecule has 1 aliphatic heterocycles. The number of rotatable bonds is 3. The number of nitrogen functional groups attached to an aromatic ring is 1. The normalized spacial score (nSPS) is 18.0. The number of anilines is 2. The summed E-state index contributed by atoms with van der Waals surface area (Å²) in [5.74, 6) is 1.62. The zero-order valence-corrected chi connectivity index (χ0v) is 14.5. The van der Waals surface area contributed by atoms with E-state index in [0.717, 1.165) is 27.5 Å². The number of hydrogen-bond donors (Lipinski definition) is 2. The van der Waals surface area contributed by atoms with Gasteiger partial charge in [-0.15, -0.1) is 11.3 Å². The average Bonchev–Trinajstić information content (AvgIpc) is 3.05. The monoisotopic (exact) mass is 358 g/mol. The Bertz CT molecular complexity index is 898. The molecule has 8 nitrogen and oxygen atoms in total. The van der Waals surface area contributed by atoms with Crippen molar-refractivity contribution in [2.75, 3.05) is 30.4 Å². The van der Waals surface area contributed by atoms with Crippen molar-refractivity contribution >= 4 is 33.3 Å². The maximum atomic E-state index is 9.50. The largest absolute Gasteiger partial charge is 0.391 e. The molecule has 1 aliphatic rings. The first-order valence-electron chi connectivity index (χ1n) is 7.99. The summed E-state index contributed by atoms with van der Waals surface area (Å²) in [4.78, 5) is 20.6. The lowest BCUT2D eigenvalue weighted by Gasteiger charge is -2.34. The molecule has 1 fully saturated rings. The van der Waals surface area contributed by atoms with E-state index in [1.807, 2.05) is 6.07 Å². The maximum Gasteiger partial charge on any atom is 0.219 e. The first-order chi connectivity index (χ1) is 12.2. The molecular weight excluding hydrogens is 340 g/mol. The lowest BCUT2D eigenvalue weighted by molar-refractivity contribution is 0.0987. The van der Waals surface area contributed by atoms with Crippen LogP contribution in [0.2, 0.25) is 0 Å². The van der Waals surface area contributed by atoms with Gasteiger partial charge in [-0.3, -0.25) is 0 Å². The van der Waals surface area contributed by atoms with E-state index in [0.29, 0.717) is 24.6 Å². The van der Waals surface area contributed by atoms with Crippen LogP contribution in [0.25, 0.3) is 21.6 Å². The quantitative estimate of drug-likeness (QED) is 0.724. The van der Waals surface area contributed by atoms with Crippen LogP contribution in [0.15, 0.2) is 18.5 Å². The predicted octanol–water partition coefficient (Wildman–Crippen LogP) is 1.45. The van der Waals surface area contributed by atoms with E-state index in [4.69, 9.17) is 15.5 Å². The molecule has 3 N–H and O–H groups in total. The Balaban J connectivity index is 1.88. The molecule has 9 heteroatoms. The van der Waals surface area contributed by atoms with E-state index in [9.17, 15) is 5.11 Å². The Labute approximate surface area is 148 Å². The zero-order chi connectivity index (χ0) is 17.4. The zero-order valence-electron chi connectivity index (χ0n) is 13.7. The number of aliphatic hydroxyl groups excluding tert-OH is 1. The summed E-state index contributed by atoms with van der Waals surface area (Å²) in [6.45, 7) is 4.18. The number of nitrogens with two attached hydrogens (primary N) is 1. The molecule has 1 atom stereocenters. The molecule has 3 aromatic heterocycles. The second-order valence-electron chi connectivity index (χ2n) is 5.90. The molecule has 0 radical (unpaired) electrons. The molecule has 1 saturated heterocycles. The van der Waals surface area contributed by atoms with Gasteiger partial charge in [0.2, 0.25) is 5.95 Å². The Hall–Kier alpha value is -2.36. The van der Waals surface area contributed by atoms with Gasteiger partial charge < -0.3 is 20.5 Å². The van der Waals surface area contributed by atoms with Gasteiger partial charge in [-0.2, -0.15) is 0 Å². The smallest absolute Gasteiger partial charge is 0.219 e. The minimum Gasteiger partial charge on any atom is -0.391 e. The van der Waals surface area contributed by atoms with Crippen LogP contribution in [0.5, 0.6) is 0 Å². The predicted molar refractivity (Wildman–Crippen MR) is 96.4 cm³/mol. The lowest BCUT2D eigenvalue weighted by Crippen LogP contribution is -2.44. The summed E-state index contributed by atoms with van der Waals surface area (Å²) in [5, 5.41) is 9.50. The standard InChI is InChI=1S/C16H18N6O2S/c1-9-8-24-3-2-22(9)15-13-12(4-11(7-23)25-13)20-14(21-15)10-5-18-16(17)19-6-10/h4-6,9,23H,2-3,7-8H2,1H3,(H2,17,18,19). The SMILES string of the molecule is CC1COCCN1c1nc(-c2cnc(N)nc2)nc2cc(CO)sc12. The van der Waals surface area contributed by atoms with Gasteiger partial charge in [-0.05, 0) is 13.0 Å². The fraction of sp³-hybridized carbons (Fsp3) is 0.375. The fourth-order valence-electron chi connectivity index (χ4n) is 2.86. The Morgan fingerprint density at radius 1 is 1.36 bits per heavy atom. The van der Waals surface area contributed by atoms with Crippen LogP contribution in [0.1, 0.15) is 11.8 Å². The van der Waals surface area contributed by atoms with Crippen LogP contribution in [0, 0.1) is 0 Å². The van der Waals surface area contributed by atoms with E-state index >= 15 is 0 Å². The summed E-state index contributed by atoms with van der Waals surface area (Å²) in [6, 6.07) is 2.11. The molecule has 4 heterocycles. The highest BCUT2D eigenvalue weighted by Crippen LogP contribution is 2.35. The highest BCUT2D eigenvalue weighted by molar-refractivity contribution is 7.19. The molecule has 0 saturated carbocycles. The number of aromatic nitrogens is 4. The van der Waals surface area contributed by atoms with Gasteiger partial charge in [0.15, 0.2) is 11.6 Å². The summed E-state index contributed by atoms with van der Waals surface area (Å²) in [6.07, 6.45) is 3.24. The van der Waals surface area contributed by atoms with Gasteiger partial charge in [0.1, 0.15) is 0 Å². The molecule has 4 rings (SSSR count). The van der Waals surface area contributed by atoms with Crippen LogP contribution >= 0.6 is 11.3 Å². The average molecular weight is 358 g/mol. The second-order valence-corrected chi connectivity index (χ2v) is 7.04. The number of ether oxygens (including phenoxy) is 1. The summed E-state index contributed by atoms with van der Waals surface area (Å²) in [5.41, 5.74) is 7.08. The Morgan fingerprint density at radius 3 is 2.88 bits per heavy atom. The van der Waals surface area contributed by atoms with Gasteiger partial charge in [0.25, 0.3) is 0 Å². The third-order valence-electron chi connectivity index (χ3n) is 4.13. The molecule has 1 unspecified atom stereocenters. The number of morpholine rings is 1. The van der Waals surface area contributed by atoms with E-state index in [1.165, 1.54) is 11.3 Å². The molecule has 0 spiro atoms. The molecule has 0 aromatic carbocycles. The van der Waals surface area contributed by atoms with Crippen LogP contribution in [0.3, 0.4) is 0 Å². The molecule has 130 valence electrons. The third-order valence-corrected chi connectivity index (χ3v) is 5.24. The highest BCUT2D eigenvalue weighted by Gasteiger charge is 2.24. The van der Waals surface area contributed by atoms with Crippen LogP contribution < -0.4 is 10.6 Å². The summed E-state index contributed by atoms with van der Waals surface area (Å²) in [7, 11) is 0. The van der Waals surface area contributed by atoms with E-state index in [2.05, 4.69) is 26.8 Å². The molecule has 0 bridgehead atoms. The summed E-state index contributed by atoms with van der Waals surface area (Å²) < 4.78 is 6.51. The van der Waals surface area contributed by atoms with E-state index in [-0.39, 0.29) is 18.6 Å². The first-order valence-corrected chi connectivity index (χ1v) is 8.81.